The third kappa shape index (κ3) is 3.38. The molecule has 0 saturated carbocycles. The second kappa shape index (κ2) is 6.37. The van der Waals surface area contributed by atoms with E-state index in [2.05, 4.69) is 9.97 Å². The second-order valence-corrected chi connectivity index (χ2v) is 5.42. The van der Waals surface area contributed by atoms with Gasteiger partial charge in [-0.25, -0.2) is 4.98 Å². The van der Waals surface area contributed by atoms with Gasteiger partial charge in [-0.3, -0.25) is 4.98 Å². The summed E-state index contributed by atoms with van der Waals surface area (Å²) in [4.78, 5) is 8.88. The average molecular weight is 297 g/mol. The highest BCUT2D eigenvalue weighted by Crippen LogP contribution is 2.22. The molecule has 3 aromatic rings. The van der Waals surface area contributed by atoms with E-state index in [1.165, 1.54) is 0 Å². The van der Waals surface area contributed by atoms with Crippen LogP contribution in [0.3, 0.4) is 0 Å². The van der Waals surface area contributed by atoms with E-state index in [1.807, 2.05) is 47.8 Å². The fraction of sp³-hybridized carbons (Fsp3) is 0.125. The summed E-state index contributed by atoms with van der Waals surface area (Å²) < 4.78 is 5.68. The molecule has 0 unspecified atom stereocenters. The van der Waals surface area contributed by atoms with Crippen molar-refractivity contribution in [2.75, 3.05) is 12.3 Å². The van der Waals surface area contributed by atoms with Gasteiger partial charge in [-0.1, -0.05) is 18.2 Å². The number of nitrogens with zero attached hydrogens (tertiary/aromatic N) is 2. The van der Waals surface area contributed by atoms with Crippen LogP contribution in [0.15, 0.2) is 54.0 Å². The third-order valence-electron chi connectivity index (χ3n) is 2.97. The van der Waals surface area contributed by atoms with Crippen LogP contribution in [-0.2, 0) is 6.42 Å². The number of benzene rings is 1. The number of nitrogen functional groups attached to an aromatic ring is 1. The average Bonchev–Trinajstić information content (AvgIpc) is 2.99. The minimum Gasteiger partial charge on any atom is -0.491 e. The Hall–Kier alpha value is -2.40. The number of anilines is 1. The molecule has 5 heteroatoms. The van der Waals surface area contributed by atoms with Crippen LogP contribution in [0, 0.1) is 0 Å². The van der Waals surface area contributed by atoms with Gasteiger partial charge in [-0.05, 0) is 24.3 Å². The Bertz CT molecular complexity index is 712. The Balaban J connectivity index is 1.60. The molecule has 4 nitrogen and oxygen atoms in total. The minimum absolute atomic E-state index is 0.559. The van der Waals surface area contributed by atoms with Gasteiger partial charge < -0.3 is 10.5 Å². The lowest BCUT2D eigenvalue weighted by atomic mass is 10.3. The van der Waals surface area contributed by atoms with E-state index in [4.69, 9.17) is 10.5 Å². The van der Waals surface area contributed by atoms with Crippen molar-refractivity contribution in [2.45, 2.75) is 6.42 Å². The quantitative estimate of drug-likeness (QED) is 0.733. The number of hydrogen-bond acceptors (Lipinski definition) is 5. The van der Waals surface area contributed by atoms with Crippen molar-refractivity contribution in [3.63, 3.8) is 0 Å². The molecule has 2 aromatic heterocycles. The molecule has 3 rings (SSSR count). The van der Waals surface area contributed by atoms with Gasteiger partial charge in [0, 0.05) is 18.0 Å². The standard InChI is InChI=1S/C16H15N3OS/c17-12-5-1-2-7-15(12)20-10-8-16-19-14(11-21-16)13-6-3-4-9-18-13/h1-7,9,11H,8,10,17H2. The van der Waals surface area contributed by atoms with Crippen molar-refractivity contribution in [3.05, 3.63) is 59.0 Å². The van der Waals surface area contributed by atoms with Crippen LogP contribution in [0.5, 0.6) is 5.75 Å². The van der Waals surface area contributed by atoms with Crippen molar-refractivity contribution in [1.29, 1.82) is 0 Å². The van der Waals surface area contributed by atoms with Gasteiger partial charge in [0.15, 0.2) is 0 Å². The zero-order chi connectivity index (χ0) is 14.5. The number of rotatable bonds is 5. The van der Waals surface area contributed by atoms with E-state index < -0.39 is 0 Å². The van der Waals surface area contributed by atoms with Crippen LogP contribution in [0.25, 0.3) is 11.4 Å². The van der Waals surface area contributed by atoms with Gasteiger partial charge in [0.05, 0.1) is 28.7 Å². The van der Waals surface area contributed by atoms with E-state index in [0.717, 1.165) is 28.6 Å². The lowest BCUT2D eigenvalue weighted by Crippen LogP contribution is -2.03. The summed E-state index contributed by atoms with van der Waals surface area (Å²) in [6, 6.07) is 13.3. The molecule has 0 atom stereocenters. The highest BCUT2D eigenvalue weighted by atomic mass is 32.1. The first-order chi connectivity index (χ1) is 10.3. The van der Waals surface area contributed by atoms with Crippen LogP contribution in [0.1, 0.15) is 5.01 Å². The van der Waals surface area contributed by atoms with E-state index in [1.54, 1.807) is 17.5 Å². The van der Waals surface area contributed by atoms with Crippen LogP contribution >= 0.6 is 11.3 Å². The molecule has 0 bridgehead atoms. The lowest BCUT2D eigenvalue weighted by molar-refractivity contribution is 0.323. The molecule has 2 heterocycles. The number of ether oxygens (including phenoxy) is 1. The van der Waals surface area contributed by atoms with Crippen molar-refractivity contribution in [3.8, 4) is 17.1 Å². The lowest BCUT2D eigenvalue weighted by Gasteiger charge is -2.07. The van der Waals surface area contributed by atoms with Crippen LogP contribution < -0.4 is 10.5 Å². The fourth-order valence-electron chi connectivity index (χ4n) is 1.92. The van der Waals surface area contributed by atoms with Crippen molar-refractivity contribution < 1.29 is 4.74 Å². The molecule has 0 aliphatic heterocycles. The van der Waals surface area contributed by atoms with Crippen molar-refractivity contribution in [2.24, 2.45) is 0 Å². The maximum atomic E-state index is 5.83. The molecule has 106 valence electrons. The summed E-state index contributed by atoms with van der Waals surface area (Å²) in [5, 5.41) is 3.05. The van der Waals surface area contributed by atoms with Gasteiger partial charge in [0.2, 0.25) is 0 Å². The number of para-hydroxylation sites is 2. The van der Waals surface area contributed by atoms with E-state index in [0.29, 0.717) is 12.3 Å². The number of aromatic nitrogens is 2. The maximum Gasteiger partial charge on any atom is 0.142 e. The Morgan fingerprint density at radius 1 is 1.05 bits per heavy atom. The highest BCUT2D eigenvalue weighted by Gasteiger charge is 2.06. The van der Waals surface area contributed by atoms with Gasteiger partial charge in [-0.2, -0.15) is 0 Å². The first kappa shape index (κ1) is 13.6. The summed E-state index contributed by atoms with van der Waals surface area (Å²) in [6.07, 6.45) is 2.53. The largest absolute Gasteiger partial charge is 0.491 e. The molecule has 0 fully saturated rings. The first-order valence-corrected chi connectivity index (χ1v) is 7.54. The maximum absolute atomic E-state index is 5.83. The smallest absolute Gasteiger partial charge is 0.142 e. The molecular formula is C16H15N3OS. The van der Waals surface area contributed by atoms with Crippen molar-refractivity contribution >= 4 is 17.0 Å². The van der Waals surface area contributed by atoms with Gasteiger partial charge in [-0.15, -0.1) is 11.3 Å². The van der Waals surface area contributed by atoms with Crippen LogP contribution in [0.4, 0.5) is 5.69 Å². The van der Waals surface area contributed by atoms with Crippen LogP contribution in [-0.4, -0.2) is 16.6 Å². The zero-order valence-corrected chi connectivity index (χ0v) is 12.2. The fourth-order valence-corrected chi connectivity index (χ4v) is 2.69. The molecule has 0 radical (unpaired) electrons. The Morgan fingerprint density at radius 3 is 2.71 bits per heavy atom. The Kier molecular flexibility index (Phi) is 4.12. The van der Waals surface area contributed by atoms with E-state index in [9.17, 15) is 0 Å². The normalized spacial score (nSPS) is 10.5. The van der Waals surface area contributed by atoms with Crippen LogP contribution in [0.2, 0.25) is 0 Å². The number of pyridine rings is 1. The molecule has 21 heavy (non-hydrogen) atoms. The van der Waals surface area contributed by atoms with E-state index >= 15 is 0 Å². The van der Waals surface area contributed by atoms with Crippen molar-refractivity contribution in [1.82, 2.24) is 9.97 Å². The predicted molar refractivity (Wildman–Crippen MR) is 85.4 cm³/mol. The predicted octanol–water partition coefficient (Wildman–Crippen LogP) is 3.41. The summed E-state index contributed by atoms with van der Waals surface area (Å²) in [5.74, 6) is 0.721. The molecule has 2 N–H and O–H groups in total. The molecule has 0 aliphatic carbocycles. The first-order valence-electron chi connectivity index (χ1n) is 6.66. The second-order valence-electron chi connectivity index (χ2n) is 4.48. The summed E-state index contributed by atoms with van der Waals surface area (Å²) in [7, 11) is 0. The summed E-state index contributed by atoms with van der Waals surface area (Å²) in [6.45, 7) is 0.559. The van der Waals surface area contributed by atoms with Gasteiger partial charge in [0.25, 0.3) is 0 Å². The third-order valence-corrected chi connectivity index (χ3v) is 3.88. The van der Waals surface area contributed by atoms with Gasteiger partial charge in [0.1, 0.15) is 5.75 Å². The summed E-state index contributed by atoms with van der Waals surface area (Å²) in [5.41, 5.74) is 8.30. The zero-order valence-electron chi connectivity index (χ0n) is 11.4. The molecule has 0 spiro atoms. The SMILES string of the molecule is Nc1ccccc1OCCc1nc(-c2ccccn2)cs1. The van der Waals surface area contributed by atoms with E-state index in [-0.39, 0.29) is 0 Å². The molecule has 0 saturated heterocycles. The molecule has 0 aliphatic rings. The monoisotopic (exact) mass is 297 g/mol. The number of nitrogens with two attached hydrogens (primary N) is 1. The molecular weight excluding hydrogens is 282 g/mol. The highest BCUT2D eigenvalue weighted by molar-refractivity contribution is 7.09. The molecule has 0 amide bonds. The Labute approximate surface area is 127 Å². The molecule has 1 aromatic carbocycles. The topological polar surface area (TPSA) is 61.0 Å². The summed E-state index contributed by atoms with van der Waals surface area (Å²) >= 11 is 1.62. The van der Waals surface area contributed by atoms with Gasteiger partial charge >= 0.3 is 0 Å². The number of hydrogen-bond donors (Lipinski definition) is 1. The number of thiazole rings is 1. The Morgan fingerprint density at radius 2 is 1.90 bits per heavy atom. The minimum atomic E-state index is 0.559.